The number of halogens is 3. The molecule has 0 bridgehead atoms. The van der Waals surface area contributed by atoms with E-state index in [0.29, 0.717) is 40.7 Å². The van der Waals surface area contributed by atoms with Crippen LogP contribution in [0.4, 0.5) is 18.9 Å². The highest BCUT2D eigenvalue weighted by atomic mass is 32.2. The summed E-state index contributed by atoms with van der Waals surface area (Å²) in [6, 6.07) is 4.46. The van der Waals surface area contributed by atoms with Crippen molar-refractivity contribution in [2.24, 2.45) is 0 Å². The molecule has 34 heavy (non-hydrogen) atoms. The van der Waals surface area contributed by atoms with Crippen molar-refractivity contribution >= 4 is 32.3 Å². The van der Waals surface area contributed by atoms with Gasteiger partial charge in [0.05, 0.1) is 17.0 Å². The minimum atomic E-state index is -4.35. The summed E-state index contributed by atoms with van der Waals surface area (Å²) in [4.78, 5) is 17.4. The third kappa shape index (κ3) is 6.82. The highest BCUT2D eigenvalue weighted by Crippen LogP contribution is 2.34. The van der Waals surface area contributed by atoms with Gasteiger partial charge in [0.1, 0.15) is 12.2 Å². The first-order valence-electron chi connectivity index (χ1n) is 11.1. The van der Waals surface area contributed by atoms with Gasteiger partial charge in [-0.05, 0) is 54.6 Å². The smallest absolute Gasteiger partial charge is 0.376 e. The number of benzene rings is 1. The average molecular weight is 501 g/mol. The van der Waals surface area contributed by atoms with Crippen molar-refractivity contribution in [2.75, 3.05) is 36.5 Å². The second-order valence-electron chi connectivity index (χ2n) is 9.79. The lowest BCUT2D eigenvalue weighted by Crippen LogP contribution is -2.44. The zero-order chi connectivity index (χ0) is 25.3. The van der Waals surface area contributed by atoms with E-state index in [1.54, 1.807) is 25.1 Å². The number of anilines is 1. The summed E-state index contributed by atoms with van der Waals surface area (Å²) < 4.78 is 62.2. The van der Waals surface area contributed by atoms with E-state index in [9.17, 15) is 26.4 Å². The summed E-state index contributed by atoms with van der Waals surface area (Å²) in [5, 5.41) is 9.00. The summed E-state index contributed by atoms with van der Waals surface area (Å²) in [5.74, 6) is -0.350. The Hall–Kier alpha value is -2.40. The van der Waals surface area contributed by atoms with E-state index in [2.05, 4.69) is 20.9 Å². The molecule has 1 aliphatic rings. The highest BCUT2D eigenvalue weighted by Gasteiger charge is 2.28. The van der Waals surface area contributed by atoms with Gasteiger partial charge >= 0.3 is 6.18 Å². The number of aromatic nitrogens is 1. The van der Waals surface area contributed by atoms with Gasteiger partial charge in [0, 0.05) is 23.7 Å². The number of hydrogen-bond acceptors (Lipinski definition) is 6. The number of rotatable bonds is 5. The van der Waals surface area contributed by atoms with Gasteiger partial charge in [0.15, 0.2) is 9.84 Å². The SMILES string of the molecule is Cc1cc(C(=O)NC[C@@H]2CS(=O)(=O)CCCN2)nc2c(C(C)(C)C)cc(NCC(F)(F)F)cc12. The normalized spacial score (nSPS) is 19.0. The fourth-order valence-corrected chi connectivity index (χ4v) is 5.57. The van der Waals surface area contributed by atoms with Crippen LogP contribution in [0.5, 0.6) is 0 Å². The molecule has 0 aliphatic carbocycles. The number of alkyl halides is 3. The second kappa shape index (κ2) is 9.69. The molecule has 1 fully saturated rings. The maximum absolute atomic E-state index is 12.9. The Kier molecular flexibility index (Phi) is 7.47. The van der Waals surface area contributed by atoms with E-state index in [1.165, 1.54) is 0 Å². The molecule has 1 saturated heterocycles. The van der Waals surface area contributed by atoms with Crippen molar-refractivity contribution in [3.8, 4) is 0 Å². The third-order valence-corrected chi connectivity index (χ3v) is 7.50. The van der Waals surface area contributed by atoms with Gasteiger partial charge in [-0.15, -0.1) is 0 Å². The van der Waals surface area contributed by atoms with E-state index >= 15 is 0 Å². The number of amides is 1. The van der Waals surface area contributed by atoms with E-state index in [-0.39, 0.29) is 29.8 Å². The van der Waals surface area contributed by atoms with Crippen LogP contribution in [0.25, 0.3) is 10.9 Å². The first-order valence-corrected chi connectivity index (χ1v) is 13.0. The van der Waals surface area contributed by atoms with E-state index in [4.69, 9.17) is 0 Å². The Labute approximate surface area is 197 Å². The molecule has 0 radical (unpaired) electrons. The minimum absolute atomic E-state index is 0.0423. The monoisotopic (exact) mass is 500 g/mol. The zero-order valence-corrected chi connectivity index (χ0v) is 20.6. The molecule has 3 rings (SSSR count). The molecular weight excluding hydrogens is 469 g/mol. The predicted molar refractivity (Wildman–Crippen MR) is 127 cm³/mol. The molecule has 1 aliphatic heterocycles. The summed E-state index contributed by atoms with van der Waals surface area (Å²) >= 11 is 0. The van der Waals surface area contributed by atoms with Crippen LogP contribution in [0.1, 0.15) is 48.8 Å². The number of pyridine rings is 1. The van der Waals surface area contributed by atoms with E-state index < -0.39 is 33.9 Å². The molecule has 0 spiro atoms. The standard InChI is InChI=1S/C23H31F3N4O3S/c1-14-8-19(21(31)28-11-16-12-34(32,33)7-5-6-27-16)30-20-17(14)9-15(29-13-23(24,25)26)10-18(20)22(2,3)4/h8-10,16,27,29H,5-7,11-13H2,1-4H3,(H,28,31)/t16-/m1/s1. The van der Waals surface area contributed by atoms with Gasteiger partial charge in [0.2, 0.25) is 0 Å². The van der Waals surface area contributed by atoms with Crippen molar-refractivity contribution in [1.29, 1.82) is 0 Å². The third-order valence-electron chi connectivity index (χ3n) is 5.68. The Balaban J connectivity index is 1.90. The number of nitrogens with one attached hydrogen (secondary N) is 3. The van der Waals surface area contributed by atoms with Crippen molar-refractivity contribution in [1.82, 2.24) is 15.6 Å². The quantitative estimate of drug-likeness (QED) is 0.583. The zero-order valence-electron chi connectivity index (χ0n) is 19.8. The fraction of sp³-hybridized carbons (Fsp3) is 0.565. The second-order valence-corrected chi connectivity index (χ2v) is 12.0. The van der Waals surface area contributed by atoms with Crippen LogP contribution in [0.15, 0.2) is 18.2 Å². The maximum Gasteiger partial charge on any atom is 0.405 e. The van der Waals surface area contributed by atoms with Crippen molar-refractivity contribution < 1.29 is 26.4 Å². The topological polar surface area (TPSA) is 100 Å². The molecule has 2 aromatic rings. The molecule has 188 valence electrons. The minimum Gasteiger partial charge on any atom is -0.376 e. The largest absolute Gasteiger partial charge is 0.405 e. The summed E-state index contributed by atoms with van der Waals surface area (Å²) in [6.07, 6.45) is -3.81. The molecule has 7 nitrogen and oxygen atoms in total. The summed E-state index contributed by atoms with van der Waals surface area (Å²) in [7, 11) is -3.16. The molecule has 3 N–H and O–H groups in total. The molecule has 2 heterocycles. The van der Waals surface area contributed by atoms with E-state index in [1.807, 2.05) is 20.8 Å². The summed E-state index contributed by atoms with van der Waals surface area (Å²) in [6.45, 7) is 7.11. The molecule has 1 aromatic heterocycles. The Bertz CT molecular complexity index is 1170. The number of carbonyl (C=O) groups excluding carboxylic acids is 1. The van der Waals surface area contributed by atoms with Crippen LogP contribution < -0.4 is 16.0 Å². The molecule has 0 unspecified atom stereocenters. The van der Waals surface area contributed by atoms with Gasteiger partial charge in [-0.2, -0.15) is 13.2 Å². The van der Waals surface area contributed by atoms with Gasteiger partial charge < -0.3 is 16.0 Å². The molecular formula is C23H31F3N4O3S. The summed E-state index contributed by atoms with van der Waals surface area (Å²) in [5.41, 5.74) is 2.02. The van der Waals surface area contributed by atoms with Crippen LogP contribution in [-0.4, -0.2) is 62.7 Å². The van der Waals surface area contributed by atoms with Gasteiger partial charge in [-0.25, -0.2) is 13.4 Å². The number of sulfone groups is 1. The number of hydrogen-bond donors (Lipinski definition) is 3. The first kappa shape index (κ1) is 26.2. The van der Waals surface area contributed by atoms with Crippen LogP contribution >= 0.6 is 0 Å². The van der Waals surface area contributed by atoms with Crippen LogP contribution in [0.2, 0.25) is 0 Å². The Morgan fingerprint density at radius 3 is 2.56 bits per heavy atom. The van der Waals surface area contributed by atoms with E-state index in [0.717, 1.165) is 0 Å². The van der Waals surface area contributed by atoms with Crippen LogP contribution in [0, 0.1) is 6.92 Å². The van der Waals surface area contributed by atoms with Crippen molar-refractivity contribution in [3.05, 3.63) is 35.0 Å². The van der Waals surface area contributed by atoms with Gasteiger partial charge in [-0.3, -0.25) is 4.79 Å². The molecule has 1 amide bonds. The molecule has 1 atom stereocenters. The lowest BCUT2D eigenvalue weighted by molar-refractivity contribution is -0.115. The van der Waals surface area contributed by atoms with Crippen molar-refractivity contribution in [3.63, 3.8) is 0 Å². The Morgan fingerprint density at radius 1 is 1.21 bits per heavy atom. The lowest BCUT2D eigenvalue weighted by Gasteiger charge is -2.23. The first-order chi connectivity index (χ1) is 15.6. The molecule has 11 heteroatoms. The van der Waals surface area contributed by atoms with Gasteiger partial charge in [0.25, 0.3) is 5.91 Å². The number of fused-ring (bicyclic) bond motifs is 1. The lowest BCUT2D eigenvalue weighted by atomic mass is 9.84. The number of nitrogens with zero attached hydrogens (tertiary/aromatic N) is 1. The Morgan fingerprint density at radius 2 is 1.91 bits per heavy atom. The molecule has 1 aromatic carbocycles. The highest BCUT2D eigenvalue weighted by molar-refractivity contribution is 7.91. The maximum atomic E-state index is 12.9. The molecule has 0 saturated carbocycles. The van der Waals surface area contributed by atoms with Gasteiger partial charge in [-0.1, -0.05) is 20.8 Å². The average Bonchev–Trinajstić information content (AvgIpc) is 2.88. The van der Waals surface area contributed by atoms with Crippen LogP contribution in [0.3, 0.4) is 0 Å². The van der Waals surface area contributed by atoms with Crippen LogP contribution in [-0.2, 0) is 15.3 Å². The number of aryl methyl sites for hydroxylation is 1. The predicted octanol–water partition coefficient (Wildman–Crippen LogP) is 3.32. The number of carbonyl (C=O) groups is 1. The fourth-order valence-electron chi connectivity index (χ4n) is 3.97. The van der Waals surface area contributed by atoms with Crippen molar-refractivity contribution in [2.45, 2.75) is 51.7 Å².